The molecule has 5 nitrogen and oxygen atoms in total. The lowest BCUT2D eigenvalue weighted by molar-refractivity contribution is -0.150. The highest BCUT2D eigenvalue weighted by molar-refractivity contribution is 5.72. The van der Waals surface area contributed by atoms with Crippen molar-refractivity contribution < 1.29 is 19.1 Å². The van der Waals surface area contributed by atoms with Gasteiger partial charge in [-0.25, -0.2) is 4.79 Å². The van der Waals surface area contributed by atoms with Crippen molar-refractivity contribution in [2.75, 3.05) is 20.2 Å². The zero-order valence-corrected chi connectivity index (χ0v) is 11.2. The number of carboxylic acid groups (broad SMARTS) is 1. The Morgan fingerprint density at radius 2 is 2.28 bits per heavy atom. The highest BCUT2D eigenvalue weighted by Crippen LogP contribution is 2.09. The Balaban J connectivity index is 2.35. The van der Waals surface area contributed by atoms with E-state index in [0.717, 1.165) is 11.5 Å². The SMILES string of the molecule is CCOC(CCN(C)Cc1ccc(C)o1)C(=O)O. The van der Waals surface area contributed by atoms with Crippen molar-refractivity contribution >= 4 is 5.97 Å². The molecule has 102 valence electrons. The summed E-state index contributed by atoms with van der Waals surface area (Å²) >= 11 is 0. The summed E-state index contributed by atoms with van der Waals surface area (Å²) in [7, 11) is 1.93. The van der Waals surface area contributed by atoms with Gasteiger partial charge in [-0.2, -0.15) is 0 Å². The molecule has 0 amide bonds. The molecule has 0 saturated carbocycles. The number of hydrogen-bond donors (Lipinski definition) is 1. The molecule has 0 aliphatic carbocycles. The number of rotatable bonds is 8. The van der Waals surface area contributed by atoms with Gasteiger partial charge in [0, 0.05) is 13.2 Å². The number of ether oxygens (including phenoxy) is 1. The maximum absolute atomic E-state index is 10.9. The van der Waals surface area contributed by atoms with E-state index in [0.29, 0.717) is 26.1 Å². The van der Waals surface area contributed by atoms with Gasteiger partial charge in [0.1, 0.15) is 11.5 Å². The molecule has 1 unspecified atom stereocenters. The van der Waals surface area contributed by atoms with Crippen LogP contribution in [0.4, 0.5) is 0 Å². The van der Waals surface area contributed by atoms with Crippen LogP contribution in [0.1, 0.15) is 24.9 Å². The zero-order valence-electron chi connectivity index (χ0n) is 11.2. The summed E-state index contributed by atoms with van der Waals surface area (Å²) in [6.45, 7) is 5.44. The van der Waals surface area contributed by atoms with E-state index in [9.17, 15) is 4.79 Å². The maximum Gasteiger partial charge on any atom is 0.332 e. The van der Waals surface area contributed by atoms with E-state index in [1.807, 2.05) is 31.0 Å². The monoisotopic (exact) mass is 255 g/mol. The van der Waals surface area contributed by atoms with Gasteiger partial charge in [-0.15, -0.1) is 0 Å². The number of carbonyl (C=O) groups is 1. The van der Waals surface area contributed by atoms with E-state index in [4.69, 9.17) is 14.3 Å². The minimum atomic E-state index is -0.904. The zero-order chi connectivity index (χ0) is 13.5. The summed E-state index contributed by atoms with van der Waals surface area (Å²) in [5, 5.41) is 8.95. The number of carboxylic acids is 1. The van der Waals surface area contributed by atoms with Crippen molar-refractivity contribution in [2.24, 2.45) is 0 Å². The molecule has 0 saturated heterocycles. The topological polar surface area (TPSA) is 62.9 Å². The second-order valence-electron chi connectivity index (χ2n) is 4.32. The molecule has 1 heterocycles. The Labute approximate surface area is 107 Å². The van der Waals surface area contributed by atoms with E-state index in [1.54, 1.807) is 6.92 Å². The van der Waals surface area contributed by atoms with Gasteiger partial charge in [-0.05, 0) is 39.4 Å². The molecule has 0 aliphatic heterocycles. The van der Waals surface area contributed by atoms with Crippen LogP contribution in [-0.2, 0) is 16.1 Å². The van der Waals surface area contributed by atoms with Gasteiger partial charge >= 0.3 is 5.97 Å². The molecular weight excluding hydrogens is 234 g/mol. The molecule has 0 fully saturated rings. The average molecular weight is 255 g/mol. The van der Waals surface area contributed by atoms with E-state index in [1.165, 1.54) is 0 Å². The Kier molecular flexibility index (Phi) is 5.88. The van der Waals surface area contributed by atoms with Crippen LogP contribution in [0.15, 0.2) is 16.5 Å². The molecule has 0 spiro atoms. The maximum atomic E-state index is 10.9. The van der Waals surface area contributed by atoms with Crippen LogP contribution >= 0.6 is 0 Å². The van der Waals surface area contributed by atoms with Crippen molar-refractivity contribution in [3.63, 3.8) is 0 Å². The Bertz CT molecular complexity index is 375. The summed E-state index contributed by atoms with van der Waals surface area (Å²) < 4.78 is 10.6. The van der Waals surface area contributed by atoms with E-state index in [-0.39, 0.29) is 0 Å². The van der Waals surface area contributed by atoms with Gasteiger partial charge in [0.25, 0.3) is 0 Å². The molecular formula is C13H21NO4. The minimum absolute atomic E-state index is 0.415. The molecule has 1 atom stereocenters. The van der Waals surface area contributed by atoms with Crippen molar-refractivity contribution in [2.45, 2.75) is 32.9 Å². The van der Waals surface area contributed by atoms with Gasteiger partial charge in [-0.3, -0.25) is 4.90 Å². The summed E-state index contributed by atoms with van der Waals surface area (Å²) in [4.78, 5) is 12.9. The van der Waals surface area contributed by atoms with Crippen molar-refractivity contribution in [1.82, 2.24) is 4.90 Å². The molecule has 1 rings (SSSR count). The number of nitrogens with zero attached hydrogens (tertiary/aromatic N) is 1. The lowest BCUT2D eigenvalue weighted by Crippen LogP contribution is -2.29. The first-order valence-corrected chi connectivity index (χ1v) is 6.11. The second kappa shape index (κ2) is 7.18. The highest BCUT2D eigenvalue weighted by atomic mass is 16.5. The van der Waals surface area contributed by atoms with Crippen LogP contribution in [0.5, 0.6) is 0 Å². The van der Waals surface area contributed by atoms with Crippen molar-refractivity contribution in [3.05, 3.63) is 23.7 Å². The Morgan fingerprint density at radius 3 is 2.78 bits per heavy atom. The van der Waals surface area contributed by atoms with Gasteiger partial charge in [0.05, 0.1) is 6.54 Å². The molecule has 1 N–H and O–H groups in total. The molecule has 0 aliphatic rings. The molecule has 0 radical (unpaired) electrons. The van der Waals surface area contributed by atoms with Crippen LogP contribution < -0.4 is 0 Å². The fraction of sp³-hybridized carbons (Fsp3) is 0.615. The molecule has 18 heavy (non-hydrogen) atoms. The number of hydrogen-bond acceptors (Lipinski definition) is 4. The number of aliphatic carboxylic acids is 1. The van der Waals surface area contributed by atoms with Crippen LogP contribution in [0, 0.1) is 6.92 Å². The highest BCUT2D eigenvalue weighted by Gasteiger charge is 2.18. The number of aryl methyl sites for hydroxylation is 1. The fourth-order valence-corrected chi connectivity index (χ4v) is 1.73. The first kappa shape index (κ1) is 14.7. The lowest BCUT2D eigenvalue weighted by atomic mass is 10.2. The summed E-state index contributed by atoms with van der Waals surface area (Å²) in [5.74, 6) is 0.869. The second-order valence-corrected chi connectivity index (χ2v) is 4.32. The predicted molar refractivity (Wildman–Crippen MR) is 67.4 cm³/mol. The van der Waals surface area contributed by atoms with E-state index < -0.39 is 12.1 Å². The lowest BCUT2D eigenvalue weighted by Gasteiger charge is -2.18. The first-order valence-electron chi connectivity index (χ1n) is 6.11. The van der Waals surface area contributed by atoms with Gasteiger partial charge in [0.2, 0.25) is 0 Å². The quantitative estimate of drug-likeness (QED) is 0.768. The molecule has 1 aromatic heterocycles. The van der Waals surface area contributed by atoms with Crippen molar-refractivity contribution in [1.29, 1.82) is 0 Å². The van der Waals surface area contributed by atoms with E-state index in [2.05, 4.69) is 0 Å². The third-order valence-electron chi connectivity index (χ3n) is 2.64. The summed E-state index contributed by atoms with van der Waals surface area (Å²) in [6, 6.07) is 3.85. The van der Waals surface area contributed by atoms with Crippen LogP contribution in [0.2, 0.25) is 0 Å². The number of furan rings is 1. The van der Waals surface area contributed by atoms with Crippen LogP contribution in [-0.4, -0.2) is 42.3 Å². The van der Waals surface area contributed by atoms with Crippen molar-refractivity contribution in [3.8, 4) is 0 Å². The summed E-state index contributed by atoms with van der Waals surface area (Å²) in [6.07, 6.45) is -0.255. The van der Waals surface area contributed by atoms with Crippen LogP contribution in [0.3, 0.4) is 0 Å². The fourth-order valence-electron chi connectivity index (χ4n) is 1.73. The van der Waals surface area contributed by atoms with Crippen LogP contribution in [0.25, 0.3) is 0 Å². The predicted octanol–water partition coefficient (Wildman–Crippen LogP) is 1.90. The first-order chi connectivity index (χ1) is 8.52. The molecule has 0 aromatic carbocycles. The molecule has 1 aromatic rings. The largest absolute Gasteiger partial charge is 0.479 e. The Morgan fingerprint density at radius 1 is 1.56 bits per heavy atom. The third-order valence-corrected chi connectivity index (χ3v) is 2.64. The van der Waals surface area contributed by atoms with Gasteiger partial charge in [-0.1, -0.05) is 0 Å². The Hall–Kier alpha value is -1.33. The average Bonchev–Trinajstić information content (AvgIpc) is 2.69. The molecule has 5 heteroatoms. The molecule has 0 bridgehead atoms. The smallest absolute Gasteiger partial charge is 0.332 e. The summed E-state index contributed by atoms with van der Waals surface area (Å²) in [5.41, 5.74) is 0. The normalized spacial score (nSPS) is 12.9. The standard InChI is InChI=1S/C13H21NO4/c1-4-17-12(13(15)16)7-8-14(3)9-11-6-5-10(2)18-11/h5-6,12H,4,7-9H2,1-3H3,(H,15,16). The van der Waals surface area contributed by atoms with E-state index >= 15 is 0 Å². The third kappa shape index (κ3) is 4.89. The minimum Gasteiger partial charge on any atom is -0.479 e. The van der Waals surface area contributed by atoms with Gasteiger partial charge < -0.3 is 14.3 Å². The van der Waals surface area contributed by atoms with Gasteiger partial charge in [0.15, 0.2) is 6.10 Å².